The van der Waals surface area contributed by atoms with E-state index >= 15 is 0 Å². The molecule has 0 heterocycles. The zero-order valence-corrected chi connectivity index (χ0v) is 22.6. The predicted molar refractivity (Wildman–Crippen MR) is 142 cm³/mol. The monoisotopic (exact) mass is 501 g/mol. The van der Waals surface area contributed by atoms with Gasteiger partial charge in [0.2, 0.25) is 21.8 Å². The molecular formula is C27H39N3O4S. The Morgan fingerprint density at radius 1 is 1.00 bits per heavy atom. The number of amides is 2. The second-order valence-corrected chi connectivity index (χ2v) is 11.1. The first-order chi connectivity index (χ1) is 16.4. The molecule has 0 aliphatic carbocycles. The smallest absolute Gasteiger partial charge is 0.242 e. The standard InChI is InChI=1S/C27H39N3O4S/c1-7-22(4)28-27(32)23(5)29(19-24-12-9-8-11-21(24)3)26(31)13-10-18-30(35(6,33)34)25-16-14-20(2)15-17-25/h8-9,11-12,14-17,22-23H,7,10,13,18-19H2,1-6H3,(H,28,32). The van der Waals surface area contributed by atoms with Crippen molar-refractivity contribution in [2.24, 2.45) is 0 Å². The number of aryl methyl sites for hydroxylation is 2. The van der Waals surface area contributed by atoms with Crippen molar-refractivity contribution in [1.82, 2.24) is 10.2 Å². The first-order valence-electron chi connectivity index (χ1n) is 12.1. The SMILES string of the molecule is CCC(C)NC(=O)C(C)N(Cc1ccccc1C)C(=O)CCCN(c1ccc(C)cc1)S(C)(=O)=O. The number of carbonyl (C=O) groups excluding carboxylic acids is 2. The molecule has 2 aromatic carbocycles. The number of sulfonamides is 1. The minimum Gasteiger partial charge on any atom is -0.352 e. The molecule has 1 N–H and O–H groups in total. The van der Waals surface area contributed by atoms with E-state index in [0.717, 1.165) is 23.1 Å². The predicted octanol–water partition coefficient (Wildman–Crippen LogP) is 4.18. The second kappa shape index (κ2) is 12.7. The van der Waals surface area contributed by atoms with Gasteiger partial charge in [-0.15, -0.1) is 0 Å². The Kier molecular flexibility index (Phi) is 10.3. The van der Waals surface area contributed by atoms with Crippen molar-refractivity contribution in [1.29, 1.82) is 0 Å². The number of nitrogens with one attached hydrogen (secondary N) is 1. The zero-order valence-electron chi connectivity index (χ0n) is 21.7. The van der Waals surface area contributed by atoms with Gasteiger partial charge in [0.25, 0.3) is 0 Å². The van der Waals surface area contributed by atoms with Gasteiger partial charge in [0.1, 0.15) is 6.04 Å². The number of anilines is 1. The highest BCUT2D eigenvalue weighted by Gasteiger charge is 2.27. The number of rotatable bonds is 12. The Labute approximate surface area is 210 Å². The molecule has 192 valence electrons. The summed E-state index contributed by atoms with van der Waals surface area (Å²) in [4.78, 5) is 27.8. The van der Waals surface area contributed by atoms with Crippen molar-refractivity contribution >= 4 is 27.5 Å². The molecule has 0 spiro atoms. The minimum atomic E-state index is -3.51. The summed E-state index contributed by atoms with van der Waals surface area (Å²) in [5.41, 5.74) is 3.63. The van der Waals surface area contributed by atoms with Crippen LogP contribution in [0.3, 0.4) is 0 Å². The Bertz CT molecular complexity index is 1100. The molecule has 2 atom stereocenters. The molecule has 0 aromatic heterocycles. The number of nitrogens with zero attached hydrogens (tertiary/aromatic N) is 2. The molecule has 2 aromatic rings. The second-order valence-electron chi connectivity index (χ2n) is 9.22. The summed E-state index contributed by atoms with van der Waals surface area (Å²) >= 11 is 0. The number of hydrogen-bond donors (Lipinski definition) is 1. The van der Waals surface area contributed by atoms with Crippen LogP contribution in [0, 0.1) is 13.8 Å². The normalized spacial score (nSPS) is 13.1. The van der Waals surface area contributed by atoms with Crippen LogP contribution in [-0.4, -0.2) is 50.0 Å². The van der Waals surface area contributed by atoms with Gasteiger partial charge >= 0.3 is 0 Å². The quantitative estimate of drug-likeness (QED) is 0.473. The summed E-state index contributed by atoms with van der Waals surface area (Å²) in [7, 11) is -3.51. The molecule has 7 nitrogen and oxygen atoms in total. The van der Waals surface area contributed by atoms with Gasteiger partial charge in [-0.05, 0) is 63.8 Å². The van der Waals surface area contributed by atoms with Gasteiger partial charge in [-0.3, -0.25) is 13.9 Å². The van der Waals surface area contributed by atoms with Crippen LogP contribution in [-0.2, 0) is 26.2 Å². The van der Waals surface area contributed by atoms with Crippen molar-refractivity contribution in [3.63, 3.8) is 0 Å². The average molecular weight is 502 g/mol. The van der Waals surface area contributed by atoms with Gasteiger partial charge in [-0.2, -0.15) is 0 Å². The van der Waals surface area contributed by atoms with Crippen LogP contribution >= 0.6 is 0 Å². The zero-order chi connectivity index (χ0) is 26.2. The molecule has 0 saturated carbocycles. The third-order valence-electron chi connectivity index (χ3n) is 6.24. The van der Waals surface area contributed by atoms with E-state index in [1.165, 1.54) is 10.6 Å². The molecule has 0 fully saturated rings. The molecule has 0 aliphatic heterocycles. The van der Waals surface area contributed by atoms with E-state index in [2.05, 4.69) is 5.32 Å². The van der Waals surface area contributed by atoms with E-state index in [-0.39, 0.29) is 30.8 Å². The van der Waals surface area contributed by atoms with Gasteiger partial charge in [-0.25, -0.2) is 8.42 Å². The summed E-state index contributed by atoms with van der Waals surface area (Å²) < 4.78 is 26.1. The van der Waals surface area contributed by atoms with E-state index in [4.69, 9.17) is 0 Å². The fourth-order valence-electron chi connectivity index (χ4n) is 3.73. The summed E-state index contributed by atoms with van der Waals surface area (Å²) in [6, 6.07) is 14.4. The first-order valence-corrected chi connectivity index (χ1v) is 14.0. The van der Waals surface area contributed by atoms with Crippen molar-refractivity contribution in [2.75, 3.05) is 17.1 Å². The fraction of sp³-hybridized carbons (Fsp3) is 0.481. The lowest BCUT2D eigenvalue weighted by atomic mass is 10.1. The van der Waals surface area contributed by atoms with Crippen molar-refractivity contribution < 1.29 is 18.0 Å². The van der Waals surface area contributed by atoms with Crippen LogP contribution in [0.4, 0.5) is 5.69 Å². The van der Waals surface area contributed by atoms with Gasteiger partial charge in [0.15, 0.2) is 0 Å². The molecule has 0 saturated heterocycles. The van der Waals surface area contributed by atoms with Crippen LogP contribution in [0.15, 0.2) is 48.5 Å². The number of carbonyl (C=O) groups is 2. The van der Waals surface area contributed by atoms with Crippen LogP contribution in [0.2, 0.25) is 0 Å². The molecule has 2 rings (SSSR count). The average Bonchev–Trinajstić information content (AvgIpc) is 2.80. The summed E-state index contributed by atoms with van der Waals surface area (Å²) in [6.07, 6.45) is 2.43. The maximum absolute atomic E-state index is 13.4. The van der Waals surface area contributed by atoms with E-state index < -0.39 is 16.1 Å². The summed E-state index contributed by atoms with van der Waals surface area (Å²) in [5, 5.41) is 2.96. The highest BCUT2D eigenvalue weighted by Crippen LogP contribution is 2.20. The van der Waals surface area contributed by atoms with Crippen LogP contribution < -0.4 is 9.62 Å². The maximum Gasteiger partial charge on any atom is 0.242 e. The highest BCUT2D eigenvalue weighted by atomic mass is 32.2. The molecular weight excluding hydrogens is 462 g/mol. The largest absolute Gasteiger partial charge is 0.352 e. The third-order valence-corrected chi connectivity index (χ3v) is 7.44. The van der Waals surface area contributed by atoms with Crippen molar-refractivity contribution in [3.05, 3.63) is 65.2 Å². The summed E-state index contributed by atoms with van der Waals surface area (Å²) in [6.45, 7) is 10.1. The minimum absolute atomic E-state index is 0.0122. The molecule has 2 unspecified atom stereocenters. The van der Waals surface area contributed by atoms with Crippen molar-refractivity contribution in [3.8, 4) is 0 Å². The van der Waals surface area contributed by atoms with Crippen molar-refractivity contribution in [2.45, 2.75) is 72.5 Å². The van der Waals surface area contributed by atoms with Crippen LogP contribution in [0.5, 0.6) is 0 Å². The van der Waals surface area contributed by atoms with E-state index in [0.29, 0.717) is 18.7 Å². The molecule has 0 aliphatic rings. The Balaban J connectivity index is 2.18. The first kappa shape index (κ1) is 28.4. The lowest BCUT2D eigenvalue weighted by Crippen LogP contribution is -2.49. The van der Waals surface area contributed by atoms with Crippen LogP contribution in [0.1, 0.15) is 56.7 Å². The maximum atomic E-state index is 13.4. The van der Waals surface area contributed by atoms with Crippen LogP contribution in [0.25, 0.3) is 0 Å². The fourth-order valence-corrected chi connectivity index (χ4v) is 4.70. The summed E-state index contributed by atoms with van der Waals surface area (Å²) in [5.74, 6) is -0.379. The van der Waals surface area contributed by atoms with Gasteiger partial charge in [0, 0.05) is 25.6 Å². The highest BCUT2D eigenvalue weighted by molar-refractivity contribution is 7.92. The van der Waals surface area contributed by atoms with Gasteiger partial charge < -0.3 is 10.2 Å². The van der Waals surface area contributed by atoms with E-state index in [9.17, 15) is 18.0 Å². The number of benzene rings is 2. The van der Waals surface area contributed by atoms with E-state index in [1.54, 1.807) is 24.0 Å². The Hall–Kier alpha value is -2.87. The Morgan fingerprint density at radius 2 is 1.63 bits per heavy atom. The van der Waals surface area contributed by atoms with Gasteiger partial charge in [0.05, 0.1) is 11.9 Å². The lowest BCUT2D eigenvalue weighted by molar-refractivity contribution is -0.140. The molecule has 2 amide bonds. The lowest BCUT2D eigenvalue weighted by Gasteiger charge is -2.30. The topological polar surface area (TPSA) is 86.8 Å². The third kappa shape index (κ3) is 8.38. The Morgan fingerprint density at radius 3 is 2.20 bits per heavy atom. The number of hydrogen-bond acceptors (Lipinski definition) is 4. The van der Waals surface area contributed by atoms with E-state index in [1.807, 2.05) is 64.1 Å². The van der Waals surface area contributed by atoms with Gasteiger partial charge in [-0.1, -0.05) is 48.9 Å². The molecule has 0 radical (unpaired) electrons. The molecule has 35 heavy (non-hydrogen) atoms. The molecule has 8 heteroatoms. The molecule has 0 bridgehead atoms.